The standard InChI is InChI=1S/C28H32BrN3O4S/c1-20-13-21(2)15-25(14-20)32(37(4,35)36)19-27(33)31(18-23-11-8-12-24(29)16-23)26(28(34)30-3)17-22-9-6-5-7-10-22/h5-16,26H,17-19H2,1-4H3,(H,30,34). The van der Waals surface area contributed by atoms with Crippen LogP contribution in [0.15, 0.2) is 77.3 Å². The Kier molecular flexibility index (Phi) is 9.50. The fraction of sp³-hybridized carbons (Fsp3) is 0.286. The number of nitrogens with one attached hydrogen (secondary N) is 1. The van der Waals surface area contributed by atoms with Crippen molar-refractivity contribution in [3.63, 3.8) is 0 Å². The first-order valence-electron chi connectivity index (χ1n) is 11.8. The number of nitrogens with zero attached hydrogens (tertiary/aromatic N) is 2. The average molecular weight is 587 g/mol. The minimum Gasteiger partial charge on any atom is -0.357 e. The SMILES string of the molecule is CNC(=O)C(Cc1ccccc1)N(Cc1cccc(Br)c1)C(=O)CN(c1cc(C)cc(C)c1)S(C)(=O)=O. The molecular weight excluding hydrogens is 554 g/mol. The number of sulfonamides is 1. The first kappa shape index (κ1) is 28.4. The van der Waals surface area contributed by atoms with Gasteiger partial charge in [0, 0.05) is 24.5 Å². The molecule has 0 spiro atoms. The lowest BCUT2D eigenvalue weighted by Gasteiger charge is -2.33. The number of halogens is 1. The fourth-order valence-electron chi connectivity index (χ4n) is 4.26. The van der Waals surface area contributed by atoms with Crippen molar-refractivity contribution in [2.24, 2.45) is 0 Å². The van der Waals surface area contributed by atoms with Crippen molar-refractivity contribution in [1.29, 1.82) is 0 Å². The Morgan fingerprint density at radius 2 is 1.54 bits per heavy atom. The maximum atomic E-state index is 13.9. The Morgan fingerprint density at radius 3 is 2.11 bits per heavy atom. The van der Waals surface area contributed by atoms with Gasteiger partial charge in [0.25, 0.3) is 0 Å². The second-order valence-corrected chi connectivity index (χ2v) is 11.9. The fourth-order valence-corrected chi connectivity index (χ4v) is 5.54. The number of carbonyl (C=O) groups is 2. The summed E-state index contributed by atoms with van der Waals surface area (Å²) in [5, 5.41) is 2.67. The van der Waals surface area contributed by atoms with Crippen molar-refractivity contribution in [3.8, 4) is 0 Å². The van der Waals surface area contributed by atoms with E-state index in [-0.39, 0.29) is 18.9 Å². The molecule has 0 aliphatic heterocycles. The third-order valence-corrected chi connectivity index (χ3v) is 7.57. The zero-order valence-corrected chi connectivity index (χ0v) is 23.8. The van der Waals surface area contributed by atoms with E-state index in [1.807, 2.05) is 74.5 Å². The van der Waals surface area contributed by atoms with E-state index in [1.54, 1.807) is 12.1 Å². The Hall–Kier alpha value is -3.17. The summed E-state index contributed by atoms with van der Waals surface area (Å²) in [5.74, 6) is -0.807. The van der Waals surface area contributed by atoms with E-state index in [2.05, 4.69) is 21.2 Å². The molecule has 0 fully saturated rings. The molecule has 9 heteroatoms. The third kappa shape index (κ3) is 7.90. The number of amides is 2. The molecule has 7 nitrogen and oxygen atoms in total. The molecule has 37 heavy (non-hydrogen) atoms. The molecule has 0 bridgehead atoms. The number of aryl methyl sites for hydroxylation is 2. The van der Waals surface area contributed by atoms with Crippen molar-refractivity contribution in [2.45, 2.75) is 32.9 Å². The molecule has 0 radical (unpaired) electrons. The summed E-state index contributed by atoms with van der Waals surface area (Å²) in [6.45, 7) is 3.45. The van der Waals surface area contributed by atoms with Gasteiger partial charge >= 0.3 is 0 Å². The zero-order valence-electron chi connectivity index (χ0n) is 21.4. The molecule has 0 heterocycles. The molecular formula is C28H32BrN3O4S. The number of hydrogen-bond acceptors (Lipinski definition) is 4. The van der Waals surface area contributed by atoms with E-state index in [4.69, 9.17) is 0 Å². The highest BCUT2D eigenvalue weighted by molar-refractivity contribution is 9.10. The minimum absolute atomic E-state index is 0.133. The van der Waals surface area contributed by atoms with Crippen LogP contribution in [0.5, 0.6) is 0 Å². The predicted octanol–water partition coefficient (Wildman–Crippen LogP) is 4.22. The Bertz CT molecular complexity index is 1340. The summed E-state index contributed by atoms with van der Waals surface area (Å²) in [7, 11) is -2.26. The normalized spacial score (nSPS) is 12.0. The molecule has 0 aromatic heterocycles. The van der Waals surface area contributed by atoms with Crippen molar-refractivity contribution >= 4 is 43.5 Å². The van der Waals surface area contributed by atoms with Crippen LogP contribution in [0, 0.1) is 13.8 Å². The van der Waals surface area contributed by atoms with Gasteiger partial charge in [-0.25, -0.2) is 8.42 Å². The molecule has 0 aliphatic rings. The highest BCUT2D eigenvalue weighted by Gasteiger charge is 2.32. The molecule has 3 aromatic rings. The highest BCUT2D eigenvalue weighted by atomic mass is 79.9. The molecule has 196 valence electrons. The Balaban J connectivity index is 2.04. The molecule has 3 rings (SSSR count). The second kappa shape index (κ2) is 12.4. The largest absolute Gasteiger partial charge is 0.357 e. The van der Waals surface area contributed by atoms with Crippen LogP contribution in [0.1, 0.15) is 22.3 Å². The Labute approximate surface area is 227 Å². The molecule has 1 atom stereocenters. The van der Waals surface area contributed by atoms with Crippen LogP contribution in [-0.2, 0) is 32.6 Å². The van der Waals surface area contributed by atoms with E-state index in [0.29, 0.717) is 5.69 Å². The third-order valence-electron chi connectivity index (χ3n) is 5.93. The van der Waals surface area contributed by atoms with Gasteiger partial charge in [-0.2, -0.15) is 0 Å². The molecule has 1 N–H and O–H groups in total. The molecule has 0 saturated carbocycles. The van der Waals surface area contributed by atoms with Gasteiger partial charge in [0.2, 0.25) is 21.8 Å². The van der Waals surface area contributed by atoms with Gasteiger partial charge in [-0.1, -0.05) is 64.5 Å². The van der Waals surface area contributed by atoms with Crippen LogP contribution in [0.25, 0.3) is 0 Å². The minimum atomic E-state index is -3.79. The van der Waals surface area contributed by atoms with Crippen molar-refractivity contribution in [3.05, 3.63) is 99.5 Å². The van der Waals surface area contributed by atoms with E-state index in [9.17, 15) is 18.0 Å². The highest BCUT2D eigenvalue weighted by Crippen LogP contribution is 2.23. The number of anilines is 1. The predicted molar refractivity (Wildman–Crippen MR) is 151 cm³/mol. The van der Waals surface area contributed by atoms with Gasteiger partial charge in [-0.05, 0) is 60.4 Å². The number of hydrogen-bond donors (Lipinski definition) is 1. The number of likely N-dealkylation sites (N-methyl/N-ethyl adjacent to an activating group) is 1. The smallest absolute Gasteiger partial charge is 0.244 e. The van der Waals surface area contributed by atoms with Gasteiger partial charge in [0.15, 0.2) is 0 Å². The summed E-state index contributed by atoms with van der Waals surface area (Å²) in [6, 6.07) is 21.5. The summed E-state index contributed by atoms with van der Waals surface area (Å²) >= 11 is 3.46. The summed E-state index contributed by atoms with van der Waals surface area (Å²) in [4.78, 5) is 28.5. The molecule has 0 saturated heterocycles. The topological polar surface area (TPSA) is 86.8 Å². The van der Waals surface area contributed by atoms with Crippen LogP contribution in [0.2, 0.25) is 0 Å². The monoisotopic (exact) mass is 585 g/mol. The van der Waals surface area contributed by atoms with Crippen LogP contribution in [0.3, 0.4) is 0 Å². The Morgan fingerprint density at radius 1 is 0.919 bits per heavy atom. The van der Waals surface area contributed by atoms with Crippen LogP contribution >= 0.6 is 15.9 Å². The number of benzene rings is 3. The number of rotatable bonds is 10. The molecule has 1 unspecified atom stereocenters. The zero-order chi connectivity index (χ0) is 27.2. The van der Waals surface area contributed by atoms with Gasteiger partial charge in [0.05, 0.1) is 11.9 Å². The molecule has 3 aromatic carbocycles. The number of carbonyl (C=O) groups excluding carboxylic acids is 2. The summed E-state index contributed by atoms with van der Waals surface area (Å²) in [5.41, 5.74) is 3.87. The molecule has 0 aliphatic carbocycles. The molecule has 2 amide bonds. The average Bonchev–Trinajstić information content (AvgIpc) is 2.83. The first-order chi connectivity index (χ1) is 17.5. The first-order valence-corrected chi connectivity index (χ1v) is 14.5. The lowest BCUT2D eigenvalue weighted by atomic mass is 10.0. The summed E-state index contributed by atoms with van der Waals surface area (Å²) < 4.78 is 27.6. The maximum absolute atomic E-state index is 13.9. The summed E-state index contributed by atoms with van der Waals surface area (Å²) in [6.07, 6.45) is 1.36. The van der Waals surface area contributed by atoms with Crippen LogP contribution in [-0.4, -0.2) is 51.0 Å². The van der Waals surface area contributed by atoms with Crippen LogP contribution in [0.4, 0.5) is 5.69 Å². The van der Waals surface area contributed by atoms with E-state index in [1.165, 1.54) is 11.9 Å². The van der Waals surface area contributed by atoms with Gasteiger partial charge < -0.3 is 10.2 Å². The van der Waals surface area contributed by atoms with Crippen molar-refractivity contribution in [2.75, 3.05) is 24.2 Å². The van der Waals surface area contributed by atoms with Crippen LogP contribution < -0.4 is 9.62 Å². The van der Waals surface area contributed by atoms with E-state index in [0.717, 1.165) is 37.3 Å². The van der Waals surface area contributed by atoms with E-state index >= 15 is 0 Å². The van der Waals surface area contributed by atoms with Crippen molar-refractivity contribution < 1.29 is 18.0 Å². The van der Waals surface area contributed by atoms with Gasteiger partial charge in [0.1, 0.15) is 12.6 Å². The lowest BCUT2D eigenvalue weighted by molar-refractivity contribution is -0.139. The van der Waals surface area contributed by atoms with Crippen molar-refractivity contribution in [1.82, 2.24) is 10.2 Å². The second-order valence-electron chi connectivity index (χ2n) is 9.09. The van der Waals surface area contributed by atoms with Gasteiger partial charge in [-0.15, -0.1) is 0 Å². The maximum Gasteiger partial charge on any atom is 0.244 e. The van der Waals surface area contributed by atoms with Gasteiger partial charge in [-0.3, -0.25) is 13.9 Å². The lowest BCUT2D eigenvalue weighted by Crippen LogP contribution is -2.52. The quantitative estimate of drug-likeness (QED) is 0.386. The van der Waals surface area contributed by atoms with E-state index < -0.39 is 28.5 Å².